The number of carbonyl (C=O) groups excluding carboxylic acids is 1. The summed E-state index contributed by atoms with van der Waals surface area (Å²) in [6, 6.07) is 0. The van der Waals surface area contributed by atoms with Gasteiger partial charge in [0.05, 0.1) is 12.3 Å². The quantitative estimate of drug-likeness (QED) is 0.586. The minimum atomic E-state index is -0.197. The number of hydrogen-bond donors (Lipinski definition) is 0. The molecule has 4 heteroatoms. The molecule has 2 aliphatic rings. The van der Waals surface area contributed by atoms with Crippen molar-refractivity contribution >= 4 is 27.5 Å². The summed E-state index contributed by atoms with van der Waals surface area (Å²) >= 11 is 3.34. The molecule has 1 heterocycles. The molecule has 1 amide bonds. The highest BCUT2D eigenvalue weighted by molar-refractivity contribution is 9.09. The largest absolute Gasteiger partial charge is 0.494 e. The third-order valence-corrected chi connectivity index (χ3v) is 2.89. The molecule has 1 unspecified atom stereocenters. The van der Waals surface area contributed by atoms with Gasteiger partial charge in [-0.1, -0.05) is 28.1 Å². The summed E-state index contributed by atoms with van der Waals surface area (Å²) in [5.74, 6) is 0.706. The lowest BCUT2D eigenvalue weighted by Crippen LogP contribution is -2.17. The van der Waals surface area contributed by atoms with Gasteiger partial charge in [-0.25, -0.2) is 4.99 Å². The van der Waals surface area contributed by atoms with Gasteiger partial charge in [0.2, 0.25) is 0 Å². The van der Waals surface area contributed by atoms with E-state index >= 15 is 0 Å². The fraction of sp³-hybridized carbons (Fsp3) is 0.333. The molecular weight excluding hydrogens is 270 g/mol. The second-order valence-corrected chi connectivity index (χ2v) is 4.35. The van der Waals surface area contributed by atoms with Crippen LogP contribution in [0.5, 0.6) is 0 Å². The van der Waals surface area contributed by atoms with Crippen LogP contribution < -0.4 is 0 Å². The maximum atomic E-state index is 11.1. The van der Waals surface area contributed by atoms with E-state index in [1.165, 1.54) is 6.08 Å². The molecule has 0 aromatic carbocycles. The van der Waals surface area contributed by atoms with E-state index in [4.69, 9.17) is 4.74 Å². The fourth-order valence-electron chi connectivity index (χ4n) is 1.54. The molecule has 1 aliphatic carbocycles. The number of carbonyl (C=O) groups is 1. The maximum Gasteiger partial charge on any atom is 0.269 e. The number of fused-ring (bicyclic) bond motifs is 1. The Labute approximate surface area is 103 Å². The highest BCUT2D eigenvalue weighted by Crippen LogP contribution is 2.19. The van der Waals surface area contributed by atoms with Gasteiger partial charge in [-0.2, -0.15) is 0 Å². The Hall–Kier alpha value is -1.16. The number of rotatable bonds is 4. The van der Waals surface area contributed by atoms with Crippen LogP contribution in [0.2, 0.25) is 0 Å². The average molecular weight is 282 g/mol. The third-order valence-electron chi connectivity index (χ3n) is 2.33. The van der Waals surface area contributed by atoms with Crippen LogP contribution in [0, 0.1) is 5.92 Å². The standard InChI is InChI=1S/C12H12BrNO2/c13-6-1-7-16-10-4-2-9-3-5-12(15)14-11(9)8-10/h2-5,8-9H,1,6-7H2. The Kier molecular flexibility index (Phi) is 3.72. The first kappa shape index (κ1) is 11.3. The first-order valence-electron chi connectivity index (χ1n) is 5.19. The molecule has 0 radical (unpaired) electrons. The second kappa shape index (κ2) is 5.25. The molecule has 3 nitrogen and oxygen atoms in total. The van der Waals surface area contributed by atoms with E-state index in [2.05, 4.69) is 20.9 Å². The van der Waals surface area contributed by atoms with Crippen molar-refractivity contribution in [2.45, 2.75) is 6.42 Å². The Morgan fingerprint density at radius 3 is 3.00 bits per heavy atom. The molecule has 0 saturated heterocycles. The number of nitrogens with zero attached hydrogens (tertiary/aromatic N) is 1. The number of ether oxygens (including phenoxy) is 1. The van der Waals surface area contributed by atoms with Crippen molar-refractivity contribution in [3.63, 3.8) is 0 Å². The van der Waals surface area contributed by atoms with Crippen LogP contribution in [-0.4, -0.2) is 23.6 Å². The Morgan fingerprint density at radius 2 is 2.19 bits per heavy atom. The summed E-state index contributed by atoms with van der Waals surface area (Å²) in [6.07, 6.45) is 10.1. The van der Waals surface area contributed by atoms with Crippen LogP contribution >= 0.6 is 15.9 Å². The Bertz CT molecular complexity index is 407. The first-order valence-corrected chi connectivity index (χ1v) is 6.31. The van der Waals surface area contributed by atoms with Crippen molar-refractivity contribution in [1.29, 1.82) is 0 Å². The average Bonchev–Trinajstić information content (AvgIpc) is 2.29. The summed E-state index contributed by atoms with van der Waals surface area (Å²) in [5, 5.41) is 0.925. The molecule has 0 saturated carbocycles. The minimum absolute atomic E-state index is 0.126. The van der Waals surface area contributed by atoms with Crippen LogP contribution in [-0.2, 0) is 9.53 Å². The molecule has 0 spiro atoms. The van der Waals surface area contributed by atoms with Gasteiger partial charge in [0, 0.05) is 23.4 Å². The number of alkyl halides is 1. The van der Waals surface area contributed by atoms with Gasteiger partial charge in [-0.3, -0.25) is 4.79 Å². The van der Waals surface area contributed by atoms with Crippen LogP contribution in [0.1, 0.15) is 6.42 Å². The van der Waals surface area contributed by atoms with E-state index in [9.17, 15) is 4.79 Å². The predicted octanol–water partition coefficient (Wildman–Crippen LogP) is 2.40. The molecule has 1 aliphatic heterocycles. The number of aliphatic imine (C=N–C) groups is 1. The summed E-state index contributed by atoms with van der Waals surface area (Å²) in [7, 11) is 0. The number of hydrogen-bond acceptors (Lipinski definition) is 2. The van der Waals surface area contributed by atoms with Gasteiger partial charge in [-0.05, 0) is 12.5 Å². The van der Waals surface area contributed by atoms with Gasteiger partial charge >= 0.3 is 0 Å². The Balaban J connectivity index is 2.02. The molecule has 1 atom stereocenters. The minimum Gasteiger partial charge on any atom is -0.494 e. The van der Waals surface area contributed by atoms with E-state index in [0.29, 0.717) is 6.61 Å². The summed E-state index contributed by atoms with van der Waals surface area (Å²) in [4.78, 5) is 15.1. The van der Waals surface area contributed by atoms with E-state index < -0.39 is 0 Å². The number of allylic oxidation sites excluding steroid dienone is 4. The first-order chi connectivity index (χ1) is 7.79. The molecule has 0 N–H and O–H groups in total. The van der Waals surface area contributed by atoms with Gasteiger partial charge in [-0.15, -0.1) is 0 Å². The lowest BCUT2D eigenvalue weighted by Gasteiger charge is -2.17. The highest BCUT2D eigenvalue weighted by Gasteiger charge is 2.18. The molecule has 0 bridgehead atoms. The molecule has 84 valence electrons. The highest BCUT2D eigenvalue weighted by atomic mass is 79.9. The maximum absolute atomic E-state index is 11.1. The number of halogens is 1. The number of amides is 1. The van der Waals surface area contributed by atoms with Crippen molar-refractivity contribution in [3.8, 4) is 0 Å². The monoisotopic (exact) mass is 281 g/mol. The zero-order valence-corrected chi connectivity index (χ0v) is 10.3. The topological polar surface area (TPSA) is 38.7 Å². The van der Waals surface area contributed by atoms with E-state index in [-0.39, 0.29) is 11.8 Å². The smallest absolute Gasteiger partial charge is 0.269 e. The molecule has 0 aromatic heterocycles. The molecule has 0 fully saturated rings. The van der Waals surface area contributed by atoms with Gasteiger partial charge < -0.3 is 4.74 Å². The van der Waals surface area contributed by atoms with Crippen LogP contribution in [0.3, 0.4) is 0 Å². The van der Waals surface area contributed by atoms with Crippen molar-refractivity contribution in [2.75, 3.05) is 11.9 Å². The molecule has 16 heavy (non-hydrogen) atoms. The van der Waals surface area contributed by atoms with E-state index in [1.54, 1.807) is 0 Å². The Morgan fingerprint density at radius 1 is 1.38 bits per heavy atom. The SMILES string of the molecule is O=C1C=CC2C=CC(OCCCBr)=CC2=N1. The zero-order chi connectivity index (χ0) is 11.4. The van der Waals surface area contributed by atoms with Crippen molar-refractivity contribution < 1.29 is 9.53 Å². The summed E-state index contributed by atoms with van der Waals surface area (Å²) in [5.41, 5.74) is 0.767. The molecule has 2 rings (SSSR count). The van der Waals surface area contributed by atoms with Crippen molar-refractivity contribution in [1.82, 2.24) is 0 Å². The van der Waals surface area contributed by atoms with E-state index in [1.807, 2.05) is 24.3 Å². The van der Waals surface area contributed by atoms with Crippen LogP contribution in [0.15, 0.2) is 41.1 Å². The fourth-order valence-corrected chi connectivity index (χ4v) is 1.77. The zero-order valence-electron chi connectivity index (χ0n) is 8.73. The number of dihydropyridines is 1. The lowest BCUT2D eigenvalue weighted by molar-refractivity contribution is -0.113. The van der Waals surface area contributed by atoms with Gasteiger partial charge in [0.1, 0.15) is 5.76 Å². The van der Waals surface area contributed by atoms with E-state index in [0.717, 1.165) is 23.2 Å². The van der Waals surface area contributed by atoms with Gasteiger partial charge in [0.25, 0.3) is 5.91 Å². The van der Waals surface area contributed by atoms with Crippen molar-refractivity contribution in [3.05, 3.63) is 36.1 Å². The predicted molar refractivity (Wildman–Crippen MR) is 66.7 cm³/mol. The van der Waals surface area contributed by atoms with Crippen LogP contribution in [0.4, 0.5) is 0 Å². The molecule has 0 aromatic rings. The second-order valence-electron chi connectivity index (χ2n) is 3.56. The lowest BCUT2D eigenvalue weighted by atomic mass is 9.95. The van der Waals surface area contributed by atoms with Gasteiger partial charge in [0.15, 0.2) is 0 Å². The van der Waals surface area contributed by atoms with Crippen LogP contribution in [0.25, 0.3) is 0 Å². The molecular formula is C12H12BrNO2. The normalized spacial score (nSPS) is 22.6. The summed E-state index contributed by atoms with van der Waals surface area (Å²) < 4.78 is 5.54. The third kappa shape index (κ3) is 2.70. The van der Waals surface area contributed by atoms with Crippen molar-refractivity contribution in [2.24, 2.45) is 10.9 Å². The summed E-state index contributed by atoms with van der Waals surface area (Å²) in [6.45, 7) is 0.670.